The van der Waals surface area contributed by atoms with Gasteiger partial charge in [-0.2, -0.15) is 0 Å². The topological polar surface area (TPSA) is 12.0 Å². The van der Waals surface area contributed by atoms with E-state index in [-0.39, 0.29) is 17.9 Å². The summed E-state index contributed by atoms with van der Waals surface area (Å²) in [6.45, 7) is 2.80. The van der Waals surface area contributed by atoms with Crippen LogP contribution in [-0.4, -0.2) is 18.3 Å². The van der Waals surface area contributed by atoms with E-state index in [1.165, 1.54) is 38.5 Å². The summed E-state index contributed by atoms with van der Waals surface area (Å²) in [7, 11) is 0. The van der Waals surface area contributed by atoms with E-state index >= 15 is 0 Å². The standard InChI is InChI=1S/C12H22FN.ClH/c1-12(8-11(13)9-14-12)10-6-4-2-3-5-7-10;/h10-11,14H,2-9H2,1H3;1H. The largest absolute Gasteiger partial charge is 0.308 e. The summed E-state index contributed by atoms with van der Waals surface area (Å²) in [6, 6.07) is 0. The van der Waals surface area contributed by atoms with E-state index in [9.17, 15) is 4.39 Å². The fraction of sp³-hybridized carbons (Fsp3) is 1.00. The molecule has 0 aromatic heterocycles. The van der Waals surface area contributed by atoms with Crippen molar-refractivity contribution in [1.82, 2.24) is 5.32 Å². The highest BCUT2D eigenvalue weighted by atomic mass is 35.5. The van der Waals surface area contributed by atoms with Gasteiger partial charge < -0.3 is 5.32 Å². The van der Waals surface area contributed by atoms with E-state index in [1.807, 2.05) is 0 Å². The van der Waals surface area contributed by atoms with E-state index in [4.69, 9.17) is 0 Å². The molecule has 1 aliphatic carbocycles. The average molecular weight is 236 g/mol. The monoisotopic (exact) mass is 235 g/mol. The molecule has 1 nitrogen and oxygen atoms in total. The van der Waals surface area contributed by atoms with Crippen molar-refractivity contribution in [1.29, 1.82) is 0 Å². The third kappa shape index (κ3) is 3.07. The Hall–Kier alpha value is 0.180. The van der Waals surface area contributed by atoms with Gasteiger partial charge in [-0.25, -0.2) is 4.39 Å². The van der Waals surface area contributed by atoms with Gasteiger partial charge in [-0.3, -0.25) is 0 Å². The van der Waals surface area contributed by atoms with E-state index in [0.717, 1.165) is 6.42 Å². The highest BCUT2D eigenvalue weighted by Gasteiger charge is 2.40. The molecular weight excluding hydrogens is 213 g/mol. The zero-order valence-corrected chi connectivity index (χ0v) is 10.4. The maximum absolute atomic E-state index is 13.2. The third-order valence-electron chi connectivity index (χ3n) is 4.13. The van der Waals surface area contributed by atoms with Crippen LogP contribution < -0.4 is 5.32 Å². The first-order valence-electron chi connectivity index (χ1n) is 6.10. The Morgan fingerprint density at radius 3 is 2.20 bits per heavy atom. The first-order valence-corrected chi connectivity index (χ1v) is 6.10. The van der Waals surface area contributed by atoms with E-state index in [0.29, 0.717) is 12.5 Å². The van der Waals surface area contributed by atoms with E-state index < -0.39 is 6.17 Å². The molecule has 2 fully saturated rings. The molecule has 2 atom stereocenters. The lowest BCUT2D eigenvalue weighted by atomic mass is 9.79. The maximum Gasteiger partial charge on any atom is 0.114 e. The Labute approximate surface area is 98.6 Å². The SMILES string of the molecule is CC1(C2CCCCCC2)CC(F)CN1.Cl. The fourth-order valence-electron chi connectivity index (χ4n) is 3.18. The predicted molar refractivity (Wildman–Crippen MR) is 64.4 cm³/mol. The number of halogens is 2. The van der Waals surface area contributed by atoms with Gasteiger partial charge in [-0.05, 0) is 32.1 Å². The summed E-state index contributed by atoms with van der Waals surface area (Å²) in [5.41, 5.74) is 0.101. The van der Waals surface area contributed by atoms with Gasteiger partial charge >= 0.3 is 0 Å². The van der Waals surface area contributed by atoms with Crippen LogP contribution in [-0.2, 0) is 0 Å². The molecule has 0 aromatic rings. The molecule has 0 bridgehead atoms. The molecule has 0 spiro atoms. The smallest absolute Gasteiger partial charge is 0.114 e. The Balaban J connectivity index is 0.00000112. The lowest BCUT2D eigenvalue weighted by Crippen LogP contribution is -2.43. The lowest BCUT2D eigenvalue weighted by molar-refractivity contribution is 0.221. The van der Waals surface area contributed by atoms with Gasteiger partial charge in [0.15, 0.2) is 0 Å². The molecule has 0 aromatic carbocycles. The lowest BCUT2D eigenvalue weighted by Gasteiger charge is -2.33. The summed E-state index contributed by atoms with van der Waals surface area (Å²) in [4.78, 5) is 0. The number of rotatable bonds is 1. The summed E-state index contributed by atoms with van der Waals surface area (Å²) in [6.07, 6.45) is 8.18. The van der Waals surface area contributed by atoms with Crippen LogP contribution in [0.4, 0.5) is 4.39 Å². The molecule has 1 heterocycles. The Kier molecular flexibility index (Phi) is 4.85. The number of alkyl halides is 1. The van der Waals surface area contributed by atoms with Gasteiger partial charge in [-0.15, -0.1) is 12.4 Å². The molecule has 1 saturated heterocycles. The predicted octanol–water partition coefficient (Wildman–Crippen LogP) is 3.47. The van der Waals surface area contributed by atoms with Crippen molar-refractivity contribution in [3.63, 3.8) is 0 Å². The molecule has 1 saturated carbocycles. The minimum Gasteiger partial charge on any atom is -0.308 e. The van der Waals surface area contributed by atoms with Crippen molar-refractivity contribution in [2.75, 3.05) is 6.54 Å². The van der Waals surface area contributed by atoms with Crippen LogP contribution in [0.25, 0.3) is 0 Å². The molecule has 2 aliphatic rings. The van der Waals surface area contributed by atoms with Gasteiger partial charge in [-0.1, -0.05) is 25.7 Å². The number of hydrogen-bond donors (Lipinski definition) is 1. The molecule has 0 amide bonds. The summed E-state index contributed by atoms with van der Waals surface area (Å²) in [5, 5.41) is 3.41. The van der Waals surface area contributed by atoms with Gasteiger partial charge in [0.25, 0.3) is 0 Å². The second kappa shape index (κ2) is 5.49. The molecule has 90 valence electrons. The van der Waals surface area contributed by atoms with Crippen molar-refractivity contribution >= 4 is 12.4 Å². The van der Waals surface area contributed by atoms with Crippen LogP contribution in [0, 0.1) is 5.92 Å². The number of nitrogens with one attached hydrogen (secondary N) is 1. The zero-order valence-electron chi connectivity index (χ0n) is 9.60. The van der Waals surface area contributed by atoms with Crippen molar-refractivity contribution in [2.45, 2.75) is 63.6 Å². The fourth-order valence-corrected chi connectivity index (χ4v) is 3.18. The van der Waals surface area contributed by atoms with Crippen molar-refractivity contribution in [3.05, 3.63) is 0 Å². The van der Waals surface area contributed by atoms with Gasteiger partial charge in [0.1, 0.15) is 6.17 Å². The van der Waals surface area contributed by atoms with Crippen molar-refractivity contribution in [3.8, 4) is 0 Å². The summed E-state index contributed by atoms with van der Waals surface area (Å²) >= 11 is 0. The molecular formula is C12H23ClFN. The Bertz CT molecular complexity index is 192. The van der Waals surface area contributed by atoms with Crippen LogP contribution in [0.1, 0.15) is 51.9 Å². The molecule has 1 aliphatic heterocycles. The Morgan fingerprint density at radius 2 is 1.73 bits per heavy atom. The van der Waals surface area contributed by atoms with Gasteiger partial charge in [0.2, 0.25) is 0 Å². The highest BCUT2D eigenvalue weighted by molar-refractivity contribution is 5.85. The van der Waals surface area contributed by atoms with Crippen LogP contribution in [0.3, 0.4) is 0 Å². The van der Waals surface area contributed by atoms with Crippen LogP contribution in [0.15, 0.2) is 0 Å². The molecule has 2 rings (SSSR count). The van der Waals surface area contributed by atoms with E-state index in [2.05, 4.69) is 12.2 Å². The summed E-state index contributed by atoms with van der Waals surface area (Å²) < 4.78 is 13.2. The first-order chi connectivity index (χ1) is 6.71. The van der Waals surface area contributed by atoms with Gasteiger partial charge in [0.05, 0.1) is 0 Å². The molecule has 1 N–H and O–H groups in total. The molecule has 15 heavy (non-hydrogen) atoms. The van der Waals surface area contributed by atoms with E-state index in [1.54, 1.807) is 0 Å². The summed E-state index contributed by atoms with van der Waals surface area (Å²) in [5.74, 6) is 0.714. The second-order valence-electron chi connectivity index (χ2n) is 5.29. The highest BCUT2D eigenvalue weighted by Crippen LogP contribution is 2.37. The molecule has 0 radical (unpaired) electrons. The van der Waals surface area contributed by atoms with Crippen LogP contribution >= 0.6 is 12.4 Å². The molecule has 3 heteroatoms. The minimum absolute atomic E-state index is 0. The van der Waals surface area contributed by atoms with Crippen molar-refractivity contribution in [2.24, 2.45) is 5.92 Å². The normalized spacial score (nSPS) is 38.4. The van der Waals surface area contributed by atoms with Gasteiger partial charge in [0, 0.05) is 12.1 Å². The van der Waals surface area contributed by atoms with Crippen LogP contribution in [0.5, 0.6) is 0 Å². The Morgan fingerprint density at radius 1 is 1.13 bits per heavy atom. The van der Waals surface area contributed by atoms with Crippen LogP contribution in [0.2, 0.25) is 0 Å². The van der Waals surface area contributed by atoms with Crippen molar-refractivity contribution < 1.29 is 4.39 Å². The third-order valence-corrected chi connectivity index (χ3v) is 4.13. The number of hydrogen-bond acceptors (Lipinski definition) is 1. The maximum atomic E-state index is 13.2. The quantitative estimate of drug-likeness (QED) is 0.687. The molecule has 2 unspecified atom stereocenters. The minimum atomic E-state index is -0.608. The first kappa shape index (κ1) is 13.2. The average Bonchev–Trinajstić information content (AvgIpc) is 2.45. The zero-order chi connectivity index (χ0) is 10.0. The second-order valence-corrected chi connectivity index (χ2v) is 5.29.